The Bertz CT molecular complexity index is 328. The lowest BCUT2D eigenvalue weighted by Gasteiger charge is -2.26. The minimum atomic E-state index is 0.634. The van der Waals surface area contributed by atoms with Crippen LogP contribution in [0.4, 0.5) is 0 Å². The van der Waals surface area contributed by atoms with Gasteiger partial charge in [-0.1, -0.05) is 27.5 Å². The van der Waals surface area contributed by atoms with Crippen molar-refractivity contribution >= 4 is 27.5 Å². The quantitative estimate of drug-likeness (QED) is 0.916. The van der Waals surface area contributed by atoms with Gasteiger partial charge in [0.25, 0.3) is 0 Å². The van der Waals surface area contributed by atoms with Crippen molar-refractivity contribution in [2.24, 2.45) is 5.92 Å². The van der Waals surface area contributed by atoms with E-state index in [1.807, 2.05) is 18.2 Å². The predicted octanol–water partition coefficient (Wildman–Crippen LogP) is 2.70. The van der Waals surface area contributed by atoms with Crippen LogP contribution in [0.3, 0.4) is 0 Å². The first-order chi connectivity index (χ1) is 6.75. The van der Waals surface area contributed by atoms with Gasteiger partial charge in [-0.15, -0.1) is 0 Å². The number of rotatable bonds is 3. The molecule has 4 heteroatoms. The van der Waals surface area contributed by atoms with Gasteiger partial charge in [-0.05, 0) is 18.2 Å². The highest BCUT2D eigenvalue weighted by Crippen LogP contribution is 2.28. The van der Waals surface area contributed by atoms with E-state index < -0.39 is 0 Å². The van der Waals surface area contributed by atoms with Gasteiger partial charge < -0.3 is 10.1 Å². The number of ether oxygens (including phenoxy) is 1. The average molecular weight is 277 g/mol. The maximum atomic E-state index is 6.00. The van der Waals surface area contributed by atoms with E-state index in [1.54, 1.807) is 0 Å². The molecule has 0 amide bonds. The van der Waals surface area contributed by atoms with Crippen LogP contribution in [-0.2, 0) is 0 Å². The summed E-state index contributed by atoms with van der Waals surface area (Å²) in [6.45, 7) is 2.84. The van der Waals surface area contributed by atoms with E-state index in [4.69, 9.17) is 16.3 Å². The van der Waals surface area contributed by atoms with Crippen LogP contribution in [0.5, 0.6) is 5.75 Å². The molecule has 0 saturated carbocycles. The monoisotopic (exact) mass is 275 g/mol. The number of hydrogen-bond acceptors (Lipinski definition) is 2. The first-order valence-corrected chi connectivity index (χ1v) is 5.71. The predicted molar refractivity (Wildman–Crippen MR) is 61.0 cm³/mol. The van der Waals surface area contributed by atoms with Crippen LogP contribution in [0, 0.1) is 5.92 Å². The Morgan fingerprint density at radius 2 is 2.29 bits per heavy atom. The second kappa shape index (κ2) is 4.51. The van der Waals surface area contributed by atoms with Crippen LogP contribution >= 0.6 is 27.5 Å². The summed E-state index contributed by atoms with van der Waals surface area (Å²) >= 11 is 9.35. The van der Waals surface area contributed by atoms with Crippen molar-refractivity contribution in [3.63, 3.8) is 0 Å². The highest BCUT2D eigenvalue weighted by atomic mass is 79.9. The SMILES string of the molecule is Clc1cc(Br)ccc1OCC1CNC1. The van der Waals surface area contributed by atoms with Gasteiger partial charge in [-0.25, -0.2) is 0 Å². The van der Waals surface area contributed by atoms with Crippen molar-refractivity contribution in [3.05, 3.63) is 27.7 Å². The Labute approximate surface area is 96.7 Å². The van der Waals surface area contributed by atoms with Gasteiger partial charge in [0, 0.05) is 23.5 Å². The molecule has 1 aromatic carbocycles. The molecule has 1 heterocycles. The molecular weight excluding hydrogens is 265 g/mol. The molecule has 0 radical (unpaired) electrons. The summed E-state index contributed by atoms with van der Waals surface area (Å²) in [4.78, 5) is 0. The lowest BCUT2D eigenvalue weighted by atomic mass is 10.1. The van der Waals surface area contributed by atoms with E-state index in [2.05, 4.69) is 21.2 Å². The maximum absolute atomic E-state index is 6.00. The molecule has 14 heavy (non-hydrogen) atoms. The molecule has 2 nitrogen and oxygen atoms in total. The van der Waals surface area contributed by atoms with Gasteiger partial charge in [0.2, 0.25) is 0 Å². The smallest absolute Gasteiger partial charge is 0.137 e. The van der Waals surface area contributed by atoms with E-state index in [9.17, 15) is 0 Å². The third-order valence-corrected chi connectivity index (χ3v) is 3.02. The van der Waals surface area contributed by atoms with Crippen molar-refractivity contribution in [1.82, 2.24) is 5.32 Å². The molecule has 0 unspecified atom stereocenters. The molecule has 1 fully saturated rings. The summed E-state index contributed by atoms with van der Waals surface area (Å²) in [6.07, 6.45) is 0. The second-order valence-corrected chi connectivity index (χ2v) is 4.73. The van der Waals surface area contributed by atoms with Crippen LogP contribution in [0.25, 0.3) is 0 Å². The van der Waals surface area contributed by atoms with Gasteiger partial charge >= 0.3 is 0 Å². The summed E-state index contributed by atoms with van der Waals surface area (Å²) in [5.41, 5.74) is 0. The van der Waals surface area contributed by atoms with Gasteiger partial charge in [0.15, 0.2) is 0 Å². The molecule has 0 bridgehead atoms. The van der Waals surface area contributed by atoms with Gasteiger partial charge in [-0.3, -0.25) is 0 Å². The van der Waals surface area contributed by atoms with E-state index in [0.717, 1.165) is 29.9 Å². The van der Waals surface area contributed by atoms with Gasteiger partial charge in [0.05, 0.1) is 11.6 Å². The molecule has 0 atom stereocenters. The zero-order chi connectivity index (χ0) is 9.97. The average Bonchev–Trinajstić information content (AvgIpc) is 2.05. The Morgan fingerprint density at radius 1 is 1.50 bits per heavy atom. The van der Waals surface area contributed by atoms with Crippen LogP contribution in [0.2, 0.25) is 5.02 Å². The minimum Gasteiger partial charge on any atom is -0.492 e. The highest BCUT2D eigenvalue weighted by molar-refractivity contribution is 9.10. The standard InChI is InChI=1S/C10H11BrClNO/c11-8-1-2-10(9(12)3-8)14-6-7-4-13-5-7/h1-3,7,13H,4-6H2. The first-order valence-electron chi connectivity index (χ1n) is 4.54. The number of hydrogen-bond donors (Lipinski definition) is 1. The molecule has 1 aliphatic heterocycles. The van der Waals surface area contributed by atoms with Crippen molar-refractivity contribution in [2.45, 2.75) is 0 Å². The Balaban J connectivity index is 1.94. The molecule has 76 valence electrons. The molecule has 2 rings (SSSR count). The highest BCUT2D eigenvalue weighted by Gasteiger charge is 2.17. The normalized spacial score (nSPS) is 16.4. The van der Waals surface area contributed by atoms with Crippen molar-refractivity contribution in [1.29, 1.82) is 0 Å². The molecule has 1 saturated heterocycles. The fourth-order valence-corrected chi connectivity index (χ4v) is 1.99. The molecule has 1 N–H and O–H groups in total. The molecule has 0 spiro atoms. The van der Waals surface area contributed by atoms with Crippen LogP contribution in [-0.4, -0.2) is 19.7 Å². The van der Waals surface area contributed by atoms with Gasteiger partial charge in [-0.2, -0.15) is 0 Å². The molecule has 1 aromatic rings. The zero-order valence-electron chi connectivity index (χ0n) is 7.59. The molecule has 1 aliphatic rings. The number of nitrogens with one attached hydrogen (secondary N) is 1. The summed E-state index contributed by atoms with van der Waals surface area (Å²) < 4.78 is 6.58. The van der Waals surface area contributed by atoms with E-state index in [0.29, 0.717) is 10.9 Å². The third kappa shape index (κ3) is 2.41. The Hall–Kier alpha value is -0.250. The summed E-state index contributed by atoms with van der Waals surface area (Å²) in [5.74, 6) is 1.40. The van der Waals surface area contributed by atoms with Gasteiger partial charge in [0.1, 0.15) is 5.75 Å². The van der Waals surface area contributed by atoms with Crippen molar-refractivity contribution < 1.29 is 4.74 Å². The van der Waals surface area contributed by atoms with Crippen LogP contribution in [0.15, 0.2) is 22.7 Å². The maximum Gasteiger partial charge on any atom is 0.137 e. The van der Waals surface area contributed by atoms with E-state index >= 15 is 0 Å². The van der Waals surface area contributed by atoms with E-state index in [-0.39, 0.29) is 0 Å². The topological polar surface area (TPSA) is 21.3 Å². The lowest BCUT2D eigenvalue weighted by molar-refractivity contribution is 0.199. The fraction of sp³-hybridized carbons (Fsp3) is 0.400. The minimum absolute atomic E-state index is 0.634. The largest absolute Gasteiger partial charge is 0.492 e. The van der Waals surface area contributed by atoms with Crippen LogP contribution < -0.4 is 10.1 Å². The fourth-order valence-electron chi connectivity index (χ4n) is 1.27. The Kier molecular flexibility index (Phi) is 3.31. The third-order valence-electron chi connectivity index (χ3n) is 2.23. The molecule has 0 aliphatic carbocycles. The summed E-state index contributed by atoms with van der Waals surface area (Å²) in [7, 11) is 0. The van der Waals surface area contributed by atoms with Crippen LogP contribution in [0.1, 0.15) is 0 Å². The molecule has 0 aromatic heterocycles. The number of benzene rings is 1. The van der Waals surface area contributed by atoms with E-state index in [1.165, 1.54) is 0 Å². The lowest BCUT2D eigenvalue weighted by Crippen LogP contribution is -2.45. The Morgan fingerprint density at radius 3 is 2.86 bits per heavy atom. The number of halogens is 2. The summed E-state index contributed by atoms with van der Waals surface area (Å²) in [6, 6.07) is 5.66. The molecular formula is C10H11BrClNO. The second-order valence-electron chi connectivity index (χ2n) is 3.41. The van der Waals surface area contributed by atoms with Crippen molar-refractivity contribution in [3.8, 4) is 5.75 Å². The zero-order valence-corrected chi connectivity index (χ0v) is 9.94. The van der Waals surface area contributed by atoms with Crippen molar-refractivity contribution in [2.75, 3.05) is 19.7 Å². The summed E-state index contributed by atoms with van der Waals surface area (Å²) in [5, 5.41) is 3.86. The first kappa shape index (κ1) is 10.3.